The van der Waals surface area contributed by atoms with Crippen molar-refractivity contribution >= 4 is 17.6 Å². The molecule has 3 rings (SSSR count). The summed E-state index contributed by atoms with van der Waals surface area (Å²) in [5.41, 5.74) is 8.16. The number of anilines is 1. The number of rotatable bonds is 3. The van der Waals surface area contributed by atoms with E-state index in [-0.39, 0.29) is 11.9 Å². The summed E-state index contributed by atoms with van der Waals surface area (Å²) in [6.07, 6.45) is 0.454. The lowest BCUT2D eigenvalue weighted by atomic mass is 9.94. The van der Waals surface area contributed by atoms with Gasteiger partial charge in [0.05, 0.1) is 6.04 Å². The van der Waals surface area contributed by atoms with E-state index in [1.165, 1.54) is 0 Å². The van der Waals surface area contributed by atoms with Gasteiger partial charge < -0.3 is 16.0 Å². The van der Waals surface area contributed by atoms with Crippen LogP contribution in [0.4, 0.5) is 10.5 Å². The predicted octanol–water partition coefficient (Wildman–Crippen LogP) is 2.37. The van der Waals surface area contributed by atoms with Crippen LogP contribution in [0.1, 0.15) is 24.1 Å². The quantitative estimate of drug-likeness (QED) is 0.913. The minimum Gasteiger partial charge on any atom is -0.352 e. The van der Waals surface area contributed by atoms with Crippen molar-refractivity contribution in [1.29, 1.82) is 0 Å². The summed E-state index contributed by atoms with van der Waals surface area (Å²) in [7, 11) is 0. The van der Waals surface area contributed by atoms with Crippen molar-refractivity contribution in [3.63, 3.8) is 0 Å². The molecular formula is C18H19N3O2. The first-order valence-corrected chi connectivity index (χ1v) is 7.60. The monoisotopic (exact) mass is 309 g/mol. The Labute approximate surface area is 135 Å². The molecule has 5 nitrogen and oxygen atoms in total. The van der Waals surface area contributed by atoms with E-state index >= 15 is 0 Å². The number of para-hydroxylation sites is 1. The number of nitrogens with two attached hydrogens (primary N) is 1. The average molecular weight is 309 g/mol. The summed E-state index contributed by atoms with van der Waals surface area (Å²) in [5, 5.41) is 2.56. The fraction of sp³-hybridized carbons (Fsp3) is 0.222. The van der Waals surface area contributed by atoms with Crippen molar-refractivity contribution in [2.45, 2.75) is 25.4 Å². The van der Waals surface area contributed by atoms with Gasteiger partial charge in [-0.25, -0.2) is 4.79 Å². The Morgan fingerprint density at radius 2 is 1.83 bits per heavy atom. The number of hydrogen-bond acceptors (Lipinski definition) is 2. The van der Waals surface area contributed by atoms with E-state index in [4.69, 9.17) is 5.73 Å². The Hall–Kier alpha value is -2.82. The van der Waals surface area contributed by atoms with Gasteiger partial charge in [0.1, 0.15) is 6.04 Å². The number of primary amides is 1. The third-order valence-corrected chi connectivity index (χ3v) is 4.20. The third-order valence-electron chi connectivity index (χ3n) is 4.20. The van der Waals surface area contributed by atoms with Gasteiger partial charge in [-0.05, 0) is 24.1 Å². The minimum absolute atomic E-state index is 0.137. The Balaban J connectivity index is 2.02. The van der Waals surface area contributed by atoms with Crippen molar-refractivity contribution < 1.29 is 9.59 Å². The first-order chi connectivity index (χ1) is 11.1. The van der Waals surface area contributed by atoms with Crippen LogP contribution in [0.15, 0.2) is 54.6 Å². The molecule has 0 radical (unpaired) electrons. The summed E-state index contributed by atoms with van der Waals surface area (Å²) >= 11 is 0. The zero-order valence-corrected chi connectivity index (χ0v) is 12.9. The molecule has 3 amide bonds. The fourth-order valence-corrected chi connectivity index (χ4v) is 3.08. The lowest BCUT2D eigenvalue weighted by molar-refractivity contribution is -0.121. The average Bonchev–Trinajstić information content (AvgIpc) is 2.55. The molecule has 0 saturated carbocycles. The minimum atomic E-state index is -0.685. The second kappa shape index (κ2) is 6.12. The summed E-state index contributed by atoms with van der Waals surface area (Å²) in [5.74, 6) is -0.140. The SMILES string of the molecule is C[C@@H](c1ccccc1)N1C(=O)[C@H](NC(N)=O)Cc2ccccc21. The Morgan fingerprint density at radius 1 is 1.17 bits per heavy atom. The molecule has 2 aromatic rings. The van der Waals surface area contributed by atoms with Crippen LogP contribution in [-0.4, -0.2) is 18.0 Å². The highest BCUT2D eigenvalue weighted by Gasteiger charge is 2.36. The van der Waals surface area contributed by atoms with Crippen molar-refractivity contribution in [2.24, 2.45) is 5.73 Å². The normalized spacial score (nSPS) is 18.2. The molecule has 2 atom stereocenters. The molecule has 2 aromatic carbocycles. The van der Waals surface area contributed by atoms with Crippen LogP contribution in [0.25, 0.3) is 0 Å². The number of nitrogens with one attached hydrogen (secondary N) is 1. The van der Waals surface area contributed by atoms with Gasteiger partial charge in [-0.1, -0.05) is 48.5 Å². The largest absolute Gasteiger partial charge is 0.352 e. The van der Waals surface area contributed by atoms with Crippen LogP contribution < -0.4 is 16.0 Å². The van der Waals surface area contributed by atoms with E-state index in [9.17, 15) is 9.59 Å². The zero-order chi connectivity index (χ0) is 16.4. The fourth-order valence-electron chi connectivity index (χ4n) is 3.08. The number of benzene rings is 2. The van der Waals surface area contributed by atoms with Crippen LogP contribution in [0.2, 0.25) is 0 Å². The molecule has 5 heteroatoms. The molecule has 23 heavy (non-hydrogen) atoms. The van der Waals surface area contributed by atoms with Gasteiger partial charge >= 0.3 is 6.03 Å². The van der Waals surface area contributed by atoms with Crippen LogP contribution in [0, 0.1) is 0 Å². The first-order valence-electron chi connectivity index (χ1n) is 7.60. The molecule has 0 aliphatic carbocycles. The molecule has 1 aliphatic heterocycles. The topological polar surface area (TPSA) is 75.4 Å². The summed E-state index contributed by atoms with van der Waals surface area (Å²) in [4.78, 5) is 25.9. The van der Waals surface area contributed by atoms with Crippen molar-refractivity contribution in [3.8, 4) is 0 Å². The third kappa shape index (κ3) is 2.90. The molecule has 118 valence electrons. The van der Waals surface area contributed by atoms with Crippen LogP contribution >= 0.6 is 0 Å². The second-order valence-electron chi connectivity index (χ2n) is 5.69. The Morgan fingerprint density at radius 3 is 2.52 bits per heavy atom. The lowest BCUT2D eigenvalue weighted by Crippen LogP contribution is -2.54. The maximum absolute atomic E-state index is 12.9. The highest BCUT2D eigenvalue weighted by Crippen LogP contribution is 2.34. The second-order valence-corrected chi connectivity index (χ2v) is 5.69. The van der Waals surface area contributed by atoms with Gasteiger partial charge in [0.15, 0.2) is 0 Å². The van der Waals surface area contributed by atoms with Crippen LogP contribution in [0.3, 0.4) is 0 Å². The van der Waals surface area contributed by atoms with E-state index < -0.39 is 12.1 Å². The molecule has 0 spiro atoms. The molecule has 0 fully saturated rings. The van der Waals surface area contributed by atoms with Crippen LogP contribution in [-0.2, 0) is 11.2 Å². The number of fused-ring (bicyclic) bond motifs is 1. The number of nitrogens with zero attached hydrogens (tertiary/aromatic N) is 1. The number of carbonyl (C=O) groups excluding carboxylic acids is 2. The van der Waals surface area contributed by atoms with E-state index in [1.54, 1.807) is 4.90 Å². The smallest absolute Gasteiger partial charge is 0.312 e. The van der Waals surface area contributed by atoms with Crippen LogP contribution in [0.5, 0.6) is 0 Å². The van der Waals surface area contributed by atoms with Gasteiger partial charge in [-0.15, -0.1) is 0 Å². The number of amides is 3. The number of urea groups is 1. The maximum Gasteiger partial charge on any atom is 0.312 e. The van der Waals surface area contributed by atoms with Crippen molar-refractivity contribution in [3.05, 3.63) is 65.7 Å². The molecule has 0 bridgehead atoms. The predicted molar refractivity (Wildman–Crippen MR) is 89.0 cm³/mol. The summed E-state index contributed by atoms with van der Waals surface area (Å²) < 4.78 is 0. The molecule has 1 heterocycles. The molecule has 3 N–H and O–H groups in total. The van der Waals surface area contributed by atoms with E-state index in [2.05, 4.69) is 5.32 Å². The molecule has 0 aromatic heterocycles. The highest BCUT2D eigenvalue weighted by molar-refractivity contribution is 6.02. The molecule has 1 aliphatic rings. The van der Waals surface area contributed by atoms with Gasteiger partial charge in [0.25, 0.3) is 5.91 Å². The molecule has 0 unspecified atom stereocenters. The van der Waals surface area contributed by atoms with Gasteiger partial charge in [-0.2, -0.15) is 0 Å². The van der Waals surface area contributed by atoms with E-state index in [1.807, 2.05) is 61.5 Å². The molecule has 0 saturated heterocycles. The first kappa shape index (κ1) is 15.1. The van der Waals surface area contributed by atoms with Gasteiger partial charge in [0, 0.05) is 12.1 Å². The Bertz CT molecular complexity index is 730. The van der Waals surface area contributed by atoms with Gasteiger partial charge in [0.2, 0.25) is 0 Å². The molecular weight excluding hydrogens is 290 g/mol. The van der Waals surface area contributed by atoms with Gasteiger partial charge in [-0.3, -0.25) is 4.79 Å². The highest BCUT2D eigenvalue weighted by atomic mass is 16.2. The van der Waals surface area contributed by atoms with E-state index in [0.29, 0.717) is 6.42 Å². The lowest BCUT2D eigenvalue weighted by Gasteiger charge is -2.38. The van der Waals surface area contributed by atoms with Crippen molar-refractivity contribution in [1.82, 2.24) is 5.32 Å². The summed E-state index contributed by atoms with van der Waals surface area (Å²) in [6, 6.07) is 16.1. The summed E-state index contributed by atoms with van der Waals surface area (Å²) in [6.45, 7) is 1.98. The Kier molecular flexibility index (Phi) is 4.02. The number of carbonyl (C=O) groups is 2. The zero-order valence-electron chi connectivity index (χ0n) is 12.9. The van der Waals surface area contributed by atoms with E-state index in [0.717, 1.165) is 16.8 Å². The number of hydrogen-bond donors (Lipinski definition) is 2. The maximum atomic E-state index is 12.9. The standard InChI is InChI=1S/C18H19N3O2/c1-12(13-7-3-2-4-8-13)21-16-10-6-5-9-14(16)11-15(17(21)22)20-18(19)23/h2-10,12,15H,11H2,1H3,(H3,19,20,23)/t12-,15+/m0/s1. The van der Waals surface area contributed by atoms with Crippen molar-refractivity contribution in [2.75, 3.05) is 4.90 Å².